The van der Waals surface area contributed by atoms with Crippen LogP contribution in [-0.4, -0.2) is 30.1 Å². The quantitative estimate of drug-likeness (QED) is 0.673. The van der Waals surface area contributed by atoms with Gasteiger partial charge >= 0.3 is 0 Å². The summed E-state index contributed by atoms with van der Waals surface area (Å²) < 4.78 is 0. The smallest absolute Gasteiger partial charge is 0.0278 e. The highest BCUT2D eigenvalue weighted by atomic mass is 15.1. The van der Waals surface area contributed by atoms with E-state index in [0.717, 1.165) is 31.8 Å². The van der Waals surface area contributed by atoms with E-state index in [9.17, 15) is 0 Å². The maximum atomic E-state index is 6.35. The molecule has 15 heavy (non-hydrogen) atoms. The van der Waals surface area contributed by atoms with Crippen molar-refractivity contribution < 1.29 is 0 Å². The lowest BCUT2D eigenvalue weighted by Gasteiger charge is -2.34. The highest BCUT2D eigenvalue weighted by Gasteiger charge is 2.23. The van der Waals surface area contributed by atoms with Crippen molar-refractivity contribution in [1.29, 1.82) is 0 Å². The topological polar surface area (TPSA) is 29.3 Å². The number of hydrogen-bond donors (Lipinski definition) is 1. The van der Waals surface area contributed by atoms with Crippen LogP contribution in [0.3, 0.4) is 0 Å². The highest BCUT2D eigenvalue weighted by Crippen LogP contribution is 2.15. The van der Waals surface area contributed by atoms with Gasteiger partial charge in [-0.2, -0.15) is 0 Å². The van der Waals surface area contributed by atoms with Crippen LogP contribution in [0.15, 0.2) is 0 Å². The zero-order chi connectivity index (χ0) is 11.9. The third-order valence-electron chi connectivity index (χ3n) is 3.66. The molecule has 1 atom stereocenters. The van der Waals surface area contributed by atoms with Gasteiger partial charge in [0.05, 0.1) is 0 Å². The second-order valence-corrected chi connectivity index (χ2v) is 4.91. The summed E-state index contributed by atoms with van der Waals surface area (Å²) in [6, 6.07) is 0. The van der Waals surface area contributed by atoms with Gasteiger partial charge in [0.25, 0.3) is 0 Å². The van der Waals surface area contributed by atoms with Gasteiger partial charge in [-0.05, 0) is 25.3 Å². The van der Waals surface area contributed by atoms with E-state index in [2.05, 4.69) is 39.5 Å². The summed E-state index contributed by atoms with van der Waals surface area (Å²) >= 11 is 0. The maximum absolute atomic E-state index is 6.35. The molecule has 2 heteroatoms. The van der Waals surface area contributed by atoms with Gasteiger partial charge in [0.2, 0.25) is 0 Å². The first-order valence-corrected chi connectivity index (χ1v) is 6.52. The van der Waals surface area contributed by atoms with Gasteiger partial charge in [-0.3, -0.25) is 0 Å². The zero-order valence-electron chi connectivity index (χ0n) is 11.3. The van der Waals surface area contributed by atoms with Crippen LogP contribution in [0.5, 0.6) is 0 Å². The van der Waals surface area contributed by atoms with Gasteiger partial charge in [0.1, 0.15) is 0 Å². The Morgan fingerprint density at radius 3 is 2.00 bits per heavy atom. The van der Waals surface area contributed by atoms with Crippen LogP contribution in [-0.2, 0) is 0 Å². The first kappa shape index (κ1) is 14.9. The molecule has 0 rings (SSSR count). The molecule has 0 heterocycles. The van der Waals surface area contributed by atoms with E-state index in [0.29, 0.717) is 0 Å². The minimum Gasteiger partial charge on any atom is -0.324 e. The summed E-state index contributed by atoms with van der Waals surface area (Å²) in [7, 11) is 0. The fourth-order valence-electron chi connectivity index (χ4n) is 1.79. The first-order chi connectivity index (χ1) is 7.01. The minimum absolute atomic E-state index is 0.0173. The monoisotopic (exact) mass is 214 g/mol. The van der Waals surface area contributed by atoms with Crippen LogP contribution in [0, 0.1) is 5.92 Å². The van der Waals surface area contributed by atoms with Gasteiger partial charge < -0.3 is 10.6 Å². The minimum atomic E-state index is 0.0173. The van der Waals surface area contributed by atoms with E-state index in [1.807, 2.05) is 0 Å². The molecule has 0 saturated carbocycles. The summed E-state index contributed by atoms with van der Waals surface area (Å²) in [5.41, 5.74) is 6.37. The van der Waals surface area contributed by atoms with Crippen LogP contribution >= 0.6 is 0 Å². The Morgan fingerprint density at radius 1 is 1.13 bits per heavy atom. The van der Waals surface area contributed by atoms with E-state index in [1.165, 1.54) is 13.0 Å². The predicted molar refractivity (Wildman–Crippen MR) is 69.1 cm³/mol. The van der Waals surface area contributed by atoms with Gasteiger partial charge in [-0.1, -0.05) is 41.0 Å². The molecule has 0 saturated heterocycles. The summed E-state index contributed by atoms with van der Waals surface area (Å²) in [4.78, 5) is 2.50. The molecular formula is C13H30N2. The third kappa shape index (κ3) is 5.53. The van der Waals surface area contributed by atoms with Gasteiger partial charge in [0, 0.05) is 18.6 Å². The van der Waals surface area contributed by atoms with Crippen molar-refractivity contribution in [3.05, 3.63) is 0 Å². The van der Waals surface area contributed by atoms with Crippen molar-refractivity contribution in [3.63, 3.8) is 0 Å². The molecule has 0 amide bonds. The SMILES string of the molecule is CCC(C)CN(CC)CC(N)(CC)CC. The fourth-order valence-corrected chi connectivity index (χ4v) is 1.79. The molecule has 0 aromatic rings. The maximum Gasteiger partial charge on any atom is 0.0278 e. The Balaban J connectivity index is 4.18. The molecular weight excluding hydrogens is 184 g/mol. The Morgan fingerprint density at radius 2 is 1.67 bits per heavy atom. The third-order valence-corrected chi connectivity index (χ3v) is 3.66. The Labute approximate surface area is 96.2 Å². The summed E-state index contributed by atoms with van der Waals surface area (Å²) in [5, 5.41) is 0. The first-order valence-electron chi connectivity index (χ1n) is 6.52. The molecule has 2 nitrogen and oxygen atoms in total. The highest BCUT2D eigenvalue weighted by molar-refractivity contribution is 4.84. The van der Waals surface area contributed by atoms with E-state index in [1.54, 1.807) is 0 Å². The molecule has 92 valence electrons. The van der Waals surface area contributed by atoms with Crippen molar-refractivity contribution in [2.24, 2.45) is 11.7 Å². The van der Waals surface area contributed by atoms with Crippen molar-refractivity contribution in [3.8, 4) is 0 Å². The number of rotatable bonds is 8. The molecule has 1 unspecified atom stereocenters. The predicted octanol–water partition coefficient (Wildman–Crippen LogP) is 2.87. The van der Waals surface area contributed by atoms with Crippen molar-refractivity contribution in [1.82, 2.24) is 4.90 Å². The van der Waals surface area contributed by atoms with Crippen molar-refractivity contribution in [2.45, 2.75) is 59.4 Å². The van der Waals surface area contributed by atoms with E-state index < -0.39 is 0 Å². The summed E-state index contributed by atoms with van der Waals surface area (Å²) in [6.45, 7) is 14.5. The zero-order valence-corrected chi connectivity index (χ0v) is 11.3. The van der Waals surface area contributed by atoms with Crippen LogP contribution < -0.4 is 5.73 Å². The van der Waals surface area contributed by atoms with Crippen LogP contribution in [0.2, 0.25) is 0 Å². The Bertz CT molecular complexity index is 153. The number of nitrogens with two attached hydrogens (primary N) is 1. The Kier molecular flexibility index (Phi) is 7.20. The summed E-state index contributed by atoms with van der Waals surface area (Å²) in [5.74, 6) is 0.780. The fraction of sp³-hybridized carbons (Fsp3) is 1.00. The average Bonchev–Trinajstić information content (AvgIpc) is 2.27. The second-order valence-electron chi connectivity index (χ2n) is 4.91. The average molecular weight is 214 g/mol. The van der Waals surface area contributed by atoms with E-state index in [4.69, 9.17) is 5.73 Å². The number of nitrogens with zero attached hydrogens (tertiary/aromatic N) is 1. The lowest BCUT2D eigenvalue weighted by molar-refractivity contribution is 0.183. The molecule has 0 aliphatic heterocycles. The summed E-state index contributed by atoms with van der Waals surface area (Å²) in [6.07, 6.45) is 3.40. The van der Waals surface area contributed by atoms with Crippen LogP contribution in [0.25, 0.3) is 0 Å². The second kappa shape index (κ2) is 7.24. The molecule has 0 spiro atoms. The largest absolute Gasteiger partial charge is 0.324 e. The molecule has 0 aliphatic rings. The molecule has 0 radical (unpaired) electrons. The molecule has 0 aromatic heterocycles. The Hall–Kier alpha value is -0.0800. The van der Waals surface area contributed by atoms with Gasteiger partial charge in [-0.15, -0.1) is 0 Å². The molecule has 2 N–H and O–H groups in total. The van der Waals surface area contributed by atoms with Crippen molar-refractivity contribution >= 4 is 0 Å². The van der Waals surface area contributed by atoms with E-state index in [-0.39, 0.29) is 5.54 Å². The molecule has 0 fully saturated rings. The van der Waals surface area contributed by atoms with Gasteiger partial charge in [0.15, 0.2) is 0 Å². The molecule has 0 bridgehead atoms. The lowest BCUT2D eigenvalue weighted by Crippen LogP contribution is -2.50. The van der Waals surface area contributed by atoms with E-state index >= 15 is 0 Å². The number of likely N-dealkylation sites (N-methyl/N-ethyl adjacent to an activating group) is 1. The standard InChI is InChI=1S/C13H30N2/c1-6-12(5)10-15(9-4)11-13(14,7-2)8-3/h12H,6-11,14H2,1-5H3. The lowest BCUT2D eigenvalue weighted by atomic mass is 9.93. The molecule has 0 aromatic carbocycles. The number of hydrogen-bond acceptors (Lipinski definition) is 2. The van der Waals surface area contributed by atoms with Gasteiger partial charge in [-0.25, -0.2) is 0 Å². The van der Waals surface area contributed by atoms with Crippen molar-refractivity contribution in [2.75, 3.05) is 19.6 Å². The normalized spacial score (nSPS) is 14.6. The molecule has 0 aliphatic carbocycles. The van der Waals surface area contributed by atoms with Crippen LogP contribution in [0.1, 0.15) is 53.9 Å². The van der Waals surface area contributed by atoms with Crippen LogP contribution in [0.4, 0.5) is 0 Å².